The third kappa shape index (κ3) is 5.46. The van der Waals surface area contributed by atoms with Crippen LogP contribution in [0.3, 0.4) is 0 Å². The molecule has 4 rings (SSSR count). The minimum atomic E-state index is -3.82. The van der Waals surface area contributed by atoms with Crippen LogP contribution in [0.1, 0.15) is 29.9 Å². The Morgan fingerprint density at radius 1 is 1.00 bits per heavy atom. The molecule has 9 nitrogen and oxygen atoms in total. The van der Waals surface area contributed by atoms with Gasteiger partial charge in [0.25, 0.3) is 10.0 Å². The van der Waals surface area contributed by atoms with Crippen LogP contribution < -0.4 is 19.5 Å². The highest BCUT2D eigenvalue weighted by Crippen LogP contribution is 2.32. The van der Waals surface area contributed by atoms with Crippen LogP contribution in [-0.4, -0.2) is 32.7 Å². The number of carbonyl (C=O) groups is 1. The van der Waals surface area contributed by atoms with E-state index in [2.05, 4.69) is 15.2 Å². The van der Waals surface area contributed by atoms with Gasteiger partial charge in [-0.3, -0.25) is 9.52 Å². The molecule has 3 aromatic rings. The van der Waals surface area contributed by atoms with Crippen LogP contribution in [0.25, 0.3) is 0 Å². The molecule has 0 saturated carbocycles. The minimum Gasteiger partial charge on any atom is -0.490 e. The van der Waals surface area contributed by atoms with Crippen LogP contribution in [-0.2, 0) is 21.2 Å². The van der Waals surface area contributed by atoms with Gasteiger partial charge in [-0.05, 0) is 56.7 Å². The molecule has 33 heavy (non-hydrogen) atoms. The lowest BCUT2D eigenvalue weighted by atomic mass is 10.1. The summed E-state index contributed by atoms with van der Waals surface area (Å²) in [5, 5.41) is 6.70. The number of aryl methyl sites for hydroxylation is 2. The number of nitrogens with one attached hydrogen (secondary N) is 2. The van der Waals surface area contributed by atoms with Crippen LogP contribution in [0.4, 0.5) is 11.4 Å². The largest absolute Gasteiger partial charge is 0.490 e. The van der Waals surface area contributed by atoms with Gasteiger partial charge in [0.05, 0.1) is 23.8 Å². The smallest absolute Gasteiger partial charge is 0.262 e. The number of benzene rings is 2. The molecule has 2 heterocycles. The Bertz CT molecular complexity index is 1230. The maximum atomic E-state index is 12.8. The molecule has 0 radical (unpaired) electrons. The molecule has 174 valence electrons. The van der Waals surface area contributed by atoms with Crippen molar-refractivity contribution in [1.29, 1.82) is 0 Å². The monoisotopic (exact) mass is 471 g/mol. The van der Waals surface area contributed by atoms with E-state index in [0.717, 1.165) is 17.7 Å². The van der Waals surface area contributed by atoms with Crippen LogP contribution in [0, 0.1) is 13.8 Å². The van der Waals surface area contributed by atoms with E-state index in [9.17, 15) is 13.2 Å². The van der Waals surface area contributed by atoms with Gasteiger partial charge in [-0.15, -0.1) is 0 Å². The Morgan fingerprint density at radius 2 is 1.70 bits per heavy atom. The molecule has 1 amide bonds. The number of sulfonamides is 1. The number of amides is 1. The number of carbonyl (C=O) groups excluding carboxylic acids is 1. The van der Waals surface area contributed by atoms with E-state index in [4.69, 9.17) is 14.0 Å². The van der Waals surface area contributed by atoms with E-state index in [1.54, 1.807) is 30.3 Å². The summed E-state index contributed by atoms with van der Waals surface area (Å²) in [4.78, 5) is 12.3. The number of hydrogen-bond acceptors (Lipinski definition) is 7. The summed E-state index contributed by atoms with van der Waals surface area (Å²) in [6.45, 7) is 4.66. The fourth-order valence-corrected chi connectivity index (χ4v) is 4.54. The highest BCUT2D eigenvalue weighted by atomic mass is 32.2. The van der Waals surface area contributed by atoms with Crippen molar-refractivity contribution in [2.24, 2.45) is 0 Å². The first-order chi connectivity index (χ1) is 15.8. The number of aromatic nitrogens is 1. The molecular weight excluding hydrogens is 446 g/mol. The van der Waals surface area contributed by atoms with Crippen molar-refractivity contribution in [3.63, 3.8) is 0 Å². The Labute approximate surface area is 192 Å². The molecule has 2 N–H and O–H groups in total. The quantitative estimate of drug-likeness (QED) is 0.537. The predicted molar refractivity (Wildman–Crippen MR) is 122 cm³/mol. The summed E-state index contributed by atoms with van der Waals surface area (Å²) in [6.07, 6.45) is 1.54. The fraction of sp³-hybridized carbons (Fsp3) is 0.304. The number of hydrogen-bond donors (Lipinski definition) is 2. The molecule has 0 spiro atoms. The molecule has 1 aromatic heterocycles. The molecule has 1 aliphatic rings. The second-order valence-corrected chi connectivity index (χ2v) is 9.38. The third-order valence-electron chi connectivity index (χ3n) is 5.23. The Morgan fingerprint density at radius 3 is 2.39 bits per heavy atom. The molecule has 10 heteroatoms. The van der Waals surface area contributed by atoms with Gasteiger partial charge >= 0.3 is 0 Å². The molecule has 2 aromatic carbocycles. The van der Waals surface area contributed by atoms with Crippen LogP contribution in [0.15, 0.2) is 51.9 Å². The summed E-state index contributed by atoms with van der Waals surface area (Å²) in [5.41, 5.74) is 2.66. The van der Waals surface area contributed by atoms with Gasteiger partial charge in [-0.1, -0.05) is 5.16 Å². The van der Waals surface area contributed by atoms with Crippen LogP contribution in [0.5, 0.6) is 11.5 Å². The predicted octanol–water partition coefficient (Wildman–Crippen LogP) is 3.82. The van der Waals surface area contributed by atoms with Gasteiger partial charge in [-0.2, -0.15) is 0 Å². The first-order valence-electron chi connectivity index (χ1n) is 10.6. The van der Waals surface area contributed by atoms with Gasteiger partial charge in [-0.25, -0.2) is 8.42 Å². The van der Waals surface area contributed by atoms with Crippen molar-refractivity contribution < 1.29 is 27.2 Å². The normalized spacial score (nSPS) is 13.3. The van der Waals surface area contributed by atoms with Crippen molar-refractivity contribution in [3.8, 4) is 11.5 Å². The average Bonchev–Trinajstić information content (AvgIpc) is 2.97. The summed E-state index contributed by atoms with van der Waals surface area (Å²) in [6, 6.07) is 11.0. The zero-order chi connectivity index (χ0) is 23.4. The lowest BCUT2D eigenvalue weighted by Gasteiger charge is -2.12. The summed E-state index contributed by atoms with van der Waals surface area (Å²) >= 11 is 0. The fourth-order valence-electron chi connectivity index (χ4n) is 3.47. The van der Waals surface area contributed by atoms with E-state index in [0.29, 0.717) is 48.3 Å². The molecule has 0 aliphatic carbocycles. The summed E-state index contributed by atoms with van der Waals surface area (Å²) < 4.78 is 44.4. The van der Waals surface area contributed by atoms with Crippen molar-refractivity contribution in [2.75, 3.05) is 23.3 Å². The average molecular weight is 472 g/mol. The molecule has 1 aliphatic heterocycles. The molecular formula is C23H25N3O6S. The van der Waals surface area contributed by atoms with E-state index >= 15 is 0 Å². The molecule has 0 fully saturated rings. The Hall–Kier alpha value is -3.53. The summed E-state index contributed by atoms with van der Waals surface area (Å²) in [7, 11) is -3.82. The molecule has 0 atom stereocenters. The standard InChI is InChI=1S/C23H25N3O6S/c1-15-20(16(2)32-25-15)9-11-23(27)24-17-4-6-18(7-5-17)26-33(28,29)19-8-10-21-22(14-19)31-13-3-12-30-21/h4-8,10,14,26H,3,9,11-13H2,1-2H3,(H,24,27). The van der Waals surface area contributed by atoms with E-state index in [1.165, 1.54) is 12.1 Å². The van der Waals surface area contributed by atoms with Gasteiger partial charge in [0.2, 0.25) is 5.91 Å². The van der Waals surface area contributed by atoms with Gasteiger partial charge in [0.1, 0.15) is 5.76 Å². The van der Waals surface area contributed by atoms with Gasteiger partial charge in [0, 0.05) is 35.8 Å². The lowest BCUT2D eigenvalue weighted by Crippen LogP contribution is -2.14. The second-order valence-electron chi connectivity index (χ2n) is 7.69. The highest BCUT2D eigenvalue weighted by molar-refractivity contribution is 7.92. The number of fused-ring (bicyclic) bond motifs is 1. The van der Waals surface area contributed by atoms with Gasteiger partial charge in [0.15, 0.2) is 11.5 Å². The van der Waals surface area contributed by atoms with E-state index in [-0.39, 0.29) is 17.2 Å². The van der Waals surface area contributed by atoms with Crippen LogP contribution >= 0.6 is 0 Å². The SMILES string of the molecule is Cc1noc(C)c1CCC(=O)Nc1ccc(NS(=O)(=O)c2ccc3c(c2)OCCCO3)cc1. The number of ether oxygens (including phenoxy) is 2. The molecule has 0 bridgehead atoms. The van der Waals surface area contributed by atoms with Crippen molar-refractivity contribution in [1.82, 2.24) is 5.16 Å². The number of rotatable bonds is 7. The van der Waals surface area contributed by atoms with Crippen molar-refractivity contribution in [3.05, 3.63) is 59.5 Å². The first kappa shape index (κ1) is 22.7. The Kier molecular flexibility index (Phi) is 6.55. The zero-order valence-corrected chi connectivity index (χ0v) is 19.2. The highest BCUT2D eigenvalue weighted by Gasteiger charge is 2.19. The number of nitrogens with zero attached hydrogens (tertiary/aromatic N) is 1. The van der Waals surface area contributed by atoms with E-state index < -0.39 is 10.0 Å². The maximum absolute atomic E-state index is 12.8. The van der Waals surface area contributed by atoms with Crippen molar-refractivity contribution in [2.45, 2.75) is 38.0 Å². The Balaban J connectivity index is 1.37. The van der Waals surface area contributed by atoms with Crippen LogP contribution in [0.2, 0.25) is 0 Å². The lowest BCUT2D eigenvalue weighted by molar-refractivity contribution is -0.116. The zero-order valence-electron chi connectivity index (χ0n) is 18.4. The topological polar surface area (TPSA) is 120 Å². The first-order valence-corrected chi connectivity index (χ1v) is 12.0. The van der Waals surface area contributed by atoms with Gasteiger partial charge < -0.3 is 19.3 Å². The molecule has 0 saturated heterocycles. The van der Waals surface area contributed by atoms with Crippen molar-refractivity contribution >= 4 is 27.3 Å². The second kappa shape index (κ2) is 9.53. The maximum Gasteiger partial charge on any atom is 0.262 e. The van der Waals surface area contributed by atoms with E-state index in [1.807, 2.05) is 13.8 Å². The summed E-state index contributed by atoms with van der Waals surface area (Å²) in [5.74, 6) is 1.49. The minimum absolute atomic E-state index is 0.0726. The third-order valence-corrected chi connectivity index (χ3v) is 6.61. The number of anilines is 2. The molecule has 0 unspecified atom stereocenters.